The van der Waals surface area contributed by atoms with E-state index in [0.29, 0.717) is 12.1 Å². The Balaban J connectivity index is 0.00000110. The van der Waals surface area contributed by atoms with Crippen LogP contribution in [0.5, 0.6) is 0 Å². The van der Waals surface area contributed by atoms with Gasteiger partial charge in [0.2, 0.25) is 0 Å². The lowest BCUT2D eigenvalue weighted by molar-refractivity contribution is 0.305. The van der Waals surface area contributed by atoms with Crippen LogP contribution in [-0.4, -0.2) is 15.8 Å². The smallest absolute Gasteiger partial charge is 0.0923 e. The lowest BCUT2D eigenvalue weighted by Gasteiger charge is -2.26. The van der Waals surface area contributed by atoms with Crippen LogP contribution in [0, 0.1) is 0 Å². The van der Waals surface area contributed by atoms with Crippen LogP contribution in [0.15, 0.2) is 36.5 Å². The molecule has 1 aromatic heterocycles. The van der Waals surface area contributed by atoms with Gasteiger partial charge in [0.05, 0.1) is 11.7 Å². The summed E-state index contributed by atoms with van der Waals surface area (Å²) < 4.78 is 2.09. The van der Waals surface area contributed by atoms with Crippen molar-refractivity contribution < 1.29 is 0 Å². The van der Waals surface area contributed by atoms with E-state index in [1.807, 2.05) is 24.3 Å². The molecule has 3 nitrogen and oxygen atoms in total. The molecule has 0 saturated heterocycles. The molecule has 0 radical (unpaired) electrons. The summed E-state index contributed by atoms with van der Waals surface area (Å²) in [6.45, 7) is 0. The molecule has 6 heteroatoms. The van der Waals surface area contributed by atoms with Crippen LogP contribution in [0.3, 0.4) is 0 Å². The molecule has 21 heavy (non-hydrogen) atoms. The van der Waals surface area contributed by atoms with E-state index < -0.39 is 0 Å². The zero-order valence-corrected chi connectivity index (χ0v) is 14.0. The maximum Gasteiger partial charge on any atom is 0.0923 e. The van der Waals surface area contributed by atoms with Crippen molar-refractivity contribution in [2.75, 3.05) is 0 Å². The van der Waals surface area contributed by atoms with Crippen molar-refractivity contribution in [3.05, 3.63) is 41.6 Å². The van der Waals surface area contributed by atoms with Gasteiger partial charge in [-0.1, -0.05) is 23.7 Å². The summed E-state index contributed by atoms with van der Waals surface area (Å²) in [4.78, 5) is 0. The van der Waals surface area contributed by atoms with Gasteiger partial charge in [0.25, 0.3) is 0 Å². The van der Waals surface area contributed by atoms with Gasteiger partial charge in [-0.3, -0.25) is 4.68 Å². The zero-order chi connectivity index (χ0) is 13.2. The number of hydrogen-bond acceptors (Lipinski definition) is 2. The quantitative estimate of drug-likeness (QED) is 0.869. The van der Waals surface area contributed by atoms with Gasteiger partial charge in [-0.15, -0.1) is 24.8 Å². The summed E-state index contributed by atoms with van der Waals surface area (Å²) in [6, 6.07) is 10.8. The highest BCUT2D eigenvalue weighted by molar-refractivity contribution is 6.30. The topological polar surface area (TPSA) is 43.8 Å². The number of benzene rings is 1. The Morgan fingerprint density at radius 1 is 1.00 bits per heavy atom. The largest absolute Gasteiger partial charge is 0.328 e. The highest BCUT2D eigenvalue weighted by Gasteiger charge is 2.20. The average Bonchev–Trinajstić information content (AvgIpc) is 2.90. The minimum absolute atomic E-state index is 0. The van der Waals surface area contributed by atoms with Crippen molar-refractivity contribution in [1.29, 1.82) is 0 Å². The number of halogens is 3. The Morgan fingerprint density at radius 3 is 2.24 bits per heavy atom. The number of nitrogens with zero attached hydrogens (tertiary/aromatic N) is 2. The van der Waals surface area contributed by atoms with E-state index in [0.717, 1.165) is 42.0 Å². The third-order valence-corrected chi connectivity index (χ3v) is 4.12. The van der Waals surface area contributed by atoms with Crippen LogP contribution in [0.25, 0.3) is 11.3 Å². The summed E-state index contributed by atoms with van der Waals surface area (Å²) in [5.41, 5.74) is 8.06. The lowest BCUT2D eigenvalue weighted by atomic mass is 9.92. The Labute approximate surface area is 142 Å². The van der Waals surface area contributed by atoms with Gasteiger partial charge < -0.3 is 5.73 Å². The third kappa shape index (κ3) is 4.36. The minimum atomic E-state index is 0. The van der Waals surface area contributed by atoms with Gasteiger partial charge in [0.1, 0.15) is 0 Å². The van der Waals surface area contributed by atoms with Crippen molar-refractivity contribution in [2.24, 2.45) is 5.73 Å². The first kappa shape index (κ1) is 18.3. The molecule has 2 N–H and O–H groups in total. The molecule has 0 bridgehead atoms. The van der Waals surface area contributed by atoms with Gasteiger partial charge in [-0.2, -0.15) is 5.10 Å². The average molecular weight is 349 g/mol. The molecule has 1 aliphatic rings. The Bertz CT molecular complexity index is 546. The standard InChI is InChI=1S/C15H18ClN3.2ClH/c16-12-3-1-11(2-4-12)15-9-10-19(18-15)14-7-5-13(17)6-8-14;;/h1-4,9-10,13-14H,5-8,17H2;2*1H. The molecule has 0 amide bonds. The zero-order valence-electron chi connectivity index (χ0n) is 11.6. The predicted octanol–water partition coefficient (Wildman–Crippen LogP) is 4.49. The van der Waals surface area contributed by atoms with Gasteiger partial charge in [-0.25, -0.2) is 0 Å². The fourth-order valence-corrected chi connectivity index (χ4v) is 2.81. The number of aromatic nitrogens is 2. The Morgan fingerprint density at radius 2 is 1.62 bits per heavy atom. The molecular weight excluding hydrogens is 329 g/mol. The number of rotatable bonds is 2. The molecular formula is C15H20Cl3N3. The highest BCUT2D eigenvalue weighted by Crippen LogP contribution is 2.28. The van der Waals surface area contributed by atoms with Crippen LogP contribution < -0.4 is 5.73 Å². The lowest BCUT2D eigenvalue weighted by Crippen LogP contribution is -2.28. The SMILES string of the molecule is Cl.Cl.NC1CCC(n2ccc(-c3ccc(Cl)cc3)n2)CC1. The first-order valence-corrected chi connectivity index (χ1v) is 7.17. The van der Waals surface area contributed by atoms with Crippen molar-refractivity contribution in [2.45, 2.75) is 37.8 Å². The summed E-state index contributed by atoms with van der Waals surface area (Å²) >= 11 is 5.90. The second-order valence-electron chi connectivity index (χ2n) is 5.26. The summed E-state index contributed by atoms with van der Waals surface area (Å²) in [5, 5.41) is 5.45. The van der Waals surface area contributed by atoms with Crippen molar-refractivity contribution in [3.63, 3.8) is 0 Å². The second-order valence-corrected chi connectivity index (χ2v) is 5.69. The van der Waals surface area contributed by atoms with Gasteiger partial charge in [-0.05, 0) is 43.9 Å². The second kappa shape index (κ2) is 8.04. The van der Waals surface area contributed by atoms with E-state index in [4.69, 9.17) is 22.4 Å². The molecule has 1 aliphatic carbocycles. The van der Waals surface area contributed by atoms with Crippen LogP contribution in [-0.2, 0) is 0 Å². The van der Waals surface area contributed by atoms with Crippen LogP contribution in [0.1, 0.15) is 31.7 Å². The predicted molar refractivity (Wildman–Crippen MR) is 92.6 cm³/mol. The van der Waals surface area contributed by atoms with Crippen molar-refractivity contribution in [3.8, 4) is 11.3 Å². The minimum Gasteiger partial charge on any atom is -0.328 e. The number of hydrogen-bond donors (Lipinski definition) is 1. The Hall–Kier alpha value is -0.740. The molecule has 1 aromatic carbocycles. The van der Waals surface area contributed by atoms with E-state index in [-0.39, 0.29) is 24.8 Å². The van der Waals surface area contributed by atoms with Crippen molar-refractivity contribution >= 4 is 36.4 Å². The number of nitrogens with two attached hydrogens (primary N) is 1. The monoisotopic (exact) mass is 347 g/mol. The van der Waals surface area contributed by atoms with Gasteiger partial charge >= 0.3 is 0 Å². The molecule has 0 unspecified atom stereocenters. The van der Waals surface area contributed by atoms with Crippen LogP contribution in [0.4, 0.5) is 0 Å². The highest BCUT2D eigenvalue weighted by atomic mass is 35.5. The molecule has 0 atom stereocenters. The van der Waals surface area contributed by atoms with E-state index in [1.54, 1.807) is 0 Å². The molecule has 0 aliphatic heterocycles. The maximum absolute atomic E-state index is 5.94. The maximum atomic E-state index is 5.94. The first-order valence-electron chi connectivity index (χ1n) is 6.79. The summed E-state index contributed by atoms with van der Waals surface area (Å²) in [5.74, 6) is 0. The molecule has 0 spiro atoms. The van der Waals surface area contributed by atoms with Crippen molar-refractivity contribution in [1.82, 2.24) is 9.78 Å². The van der Waals surface area contributed by atoms with Gasteiger partial charge in [0, 0.05) is 22.8 Å². The molecule has 1 heterocycles. The third-order valence-electron chi connectivity index (χ3n) is 3.86. The molecule has 1 saturated carbocycles. The fourth-order valence-electron chi connectivity index (χ4n) is 2.68. The normalized spacial score (nSPS) is 21.2. The van der Waals surface area contributed by atoms with Crippen LogP contribution >= 0.6 is 36.4 Å². The molecule has 3 rings (SSSR count). The van der Waals surface area contributed by atoms with Gasteiger partial charge in [0.15, 0.2) is 0 Å². The first-order chi connectivity index (χ1) is 9.22. The summed E-state index contributed by atoms with van der Waals surface area (Å²) in [7, 11) is 0. The fraction of sp³-hybridized carbons (Fsp3) is 0.400. The van der Waals surface area contributed by atoms with E-state index in [2.05, 4.69) is 16.9 Å². The molecule has 1 fully saturated rings. The molecule has 2 aromatic rings. The van der Waals surface area contributed by atoms with E-state index in [1.165, 1.54) is 0 Å². The Kier molecular flexibility index (Phi) is 7.01. The van der Waals surface area contributed by atoms with Crippen LogP contribution in [0.2, 0.25) is 5.02 Å². The van der Waals surface area contributed by atoms with E-state index >= 15 is 0 Å². The molecule has 116 valence electrons. The van der Waals surface area contributed by atoms with E-state index in [9.17, 15) is 0 Å². The summed E-state index contributed by atoms with van der Waals surface area (Å²) in [6.07, 6.45) is 6.53.